The molecule has 0 saturated heterocycles. The molecule has 0 spiro atoms. The Hall–Kier alpha value is -3.37. The molecular formula is C20H11O6P. The summed E-state index contributed by atoms with van der Waals surface area (Å²) in [5.41, 5.74) is 0.838. The molecule has 0 radical (unpaired) electrons. The number of rotatable bonds is 1. The summed E-state index contributed by atoms with van der Waals surface area (Å²) in [5, 5.41) is 24.5. The highest BCUT2D eigenvalue weighted by Crippen LogP contribution is 2.70. The van der Waals surface area contributed by atoms with Gasteiger partial charge in [0.15, 0.2) is 11.5 Å². The lowest BCUT2D eigenvalue weighted by Crippen LogP contribution is -2.03. The van der Waals surface area contributed by atoms with Crippen LogP contribution in [0.5, 0.6) is 28.7 Å². The van der Waals surface area contributed by atoms with E-state index in [1.165, 1.54) is 0 Å². The fourth-order valence-electron chi connectivity index (χ4n) is 3.86. The molecule has 7 heteroatoms. The van der Waals surface area contributed by atoms with Gasteiger partial charge in [-0.25, -0.2) is 0 Å². The largest absolute Gasteiger partial charge is 0.647 e. The van der Waals surface area contributed by atoms with Crippen molar-refractivity contribution in [3.8, 4) is 39.9 Å². The standard InChI is InChI=1S/C20H11O6P/c21-13-9-8-10-4-1-2-5-11(10)15(13)17-12-6-3-7-14-16(12)19-20(18(17)22)26-27(23,24-14)25-19/h1-9,21-22H. The third kappa shape index (κ3) is 1.78. The van der Waals surface area contributed by atoms with Gasteiger partial charge in [-0.05, 0) is 22.9 Å². The van der Waals surface area contributed by atoms with Gasteiger partial charge in [0, 0.05) is 16.5 Å². The van der Waals surface area contributed by atoms with E-state index in [4.69, 9.17) is 13.6 Å². The number of fused-ring (bicyclic) bond motifs is 2. The molecule has 0 aromatic heterocycles. The maximum absolute atomic E-state index is 12.6. The number of aromatic hydroxyl groups is 2. The summed E-state index contributed by atoms with van der Waals surface area (Å²) in [6.07, 6.45) is 0. The van der Waals surface area contributed by atoms with Gasteiger partial charge in [-0.2, -0.15) is 4.57 Å². The van der Waals surface area contributed by atoms with Crippen LogP contribution in [-0.2, 0) is 4.57 Å². The lowest BCUT2D eigenvalue weighted by Gasteiger charge is -2.18. The van der Waals surface area contributed by atoms with E-state index in [2.05, 4.69) is 0 Å². The molecule has 1 unspecified atom stereocenters. The van der Waals surface area contributed by atoms with Gasteiger partial charge in [-0.15, -0.1) is 0 Å². The van der Waals surface area contributed by atoms with Crippen LogP contribution >= 0.6 is 7.82 Å². The van der Waals surface area contributed by atoms with Gasteiger partial charge in [-0.1, -0.05) is 42.5 Å². The number of phenols is 2. The highest BCUT2D eigenvalue weighted by Gasteiger charge is 2.49. The topological polar surface area (TPSA) is 85.2 Å². The Bertz CT molecular complexity index is 1360. The quantitative estimate of drug-likeness (QED) is 0.435. The van der Waals surface area contributed by atoms with E-state index in [0.717, 1.165) is 10.8 Å². The van der Waals surface area contributed by atoms with Crippen molar-refractivity contribution in [1.82, 2.24) is 0 Å². The molecule has 0 amide bonds. The highest BCUT2D eigenvalue weighted by molar-refractivity contribution is 7.50. The minimum Gasteiger partial charge on any atom is -0.507 e. The molecule has 2 aliphatic heterocycles. The number of benzene rings is 4. The van der Waals surface area contributed by atoms with E-state index in [-0.39, 0.29) is 23.0 Å². The van der Waals surface area contributed by atoms with Crippen LogP contribution in [0.1, 0.15) is 0 Å². The van der Waals surface area contributed by atoms with Gasteiger partial charge in [0.1, 0.15) is 11.5 Å². The first-order valence-electron chi connectivity index (χ1n) is 8.27. The zero-order chi connectivity index (χ0) is 18.3. The molecule has 0 aliphatic carbocycles. The molecular weight excluding hydrogens is 367 g/mol. The Labute approximate surface area is 152 Å². The lowest BCUT2D eigenvalue weighted by molar-refractivity contribution is 0.325. The number of phosphoric acid groups is 1. The van der Waals surface area contributed by atoms with E-state index < -0.39 is 7.82 Å². The third-order valence-electron chi connectivity index (χ3n) is 4.95. The van der Waals surface area contributed by atoms with Crippen molar-refractivity contribution in [2.45, 2.75) is 0 Å². The zero-order valence-corrected chi connectivity index (χ0v) is 14.6. The third-order valence-corrected chi connectivity index (χ3v) is 6.19. The molecule has 4 aromatic carbocycles. The van der Waals surface area contributed by atoms with Gasteiger partial charge >= 0.3 is 7.82 Å². The molecule has 4 aromatic rings. The van der Waals surface area contributed by atoms with Crippen molar-refractivity contribution in [2.24, 2.45) is 0 Å². The van der Waals surface area contributed by atoms with Crippen LogP contribution in [0.25, 0.3) is 32.7 Å². The average Bonchev–Trinajstić information content (AvgIpc) is 2.95. The fraction of sp³-hybridized carbons (Fsp3) is 0. The van der Waals surface area contributed by atoms with Gasteiger partial charge in [0.2, 0.25) is 5.75 Å². The number of hydrogen-bond donors (Lipinski definition) is 2. The highest BCUT2D eigenvalue weighted by atomic mass is 31.2. The summed E-state index contributed by atoms with van der Waals surface area (Å²) < 4.78 is 28.7. The SMILES string of the molecule is O=P12Oc3c(O)c(-c4c(O)ccc5ccccc45)c4cccc(c4c3O1)O2. The molecule has 1 atom stereocenters. The summed E-state index contributed by atoms with van der Waals surface area (Å²) >= 11 is 0. The van der Waals surface area contributed by atoms with Crippen LogP contribution in [0, 0.1) is 0 Å². The van der Waals surface area contributed by atoms with Gasteiger partial charge in [0.25, 0.3) is 0 Å². The summed E-state index contributed by atoms with van der Waals surface area (Å²) in [6, 6.07) is 16.1. The Morgan fingerprint density at radius 1 is 0.741 bits per heavy atom. The van der Waals surface area contributed by atoms with E-state index in [1.54, 1.807) is 30.3 Å². The molecule has 2 N–H and O–H groups in total. The molecule has 6 rings (SSSR count). The summed E-state index contributed by atoms with van der Waals surface area (Å²) in [6.45, 7) is 0. The molecule has 27 heavy (non-hydrogen) atoms. The Kier molecular flexibility index (Phi) is 2.55. The van der Waals surface area contributed by atoms with Crippen LogP contribution in [0.2, 0.25) is 0 Å². The first-order chi connectivity index (χ1) is 13.1. The first kappa shape index (κ1) is 14.8. The van der Waals surface area contributed by atoms with E-state index >= 15 is 0 Å². The minimum atomic E-state index is -3.84. The van der Waals surface area contributed by atoms with Gasteiger partial charge in [0.05, 0.1) is 5.39 Å². The monoisotopic (exact) mass is 378 g/mol. The second kappa shape index (κ2) is 4.67. The van der Waals surface area contributed by atoms with E-state index in [0.29, 0.717) is 27.6 Å². The van der Waals surface area contributed by atoms with Crippen molar-refractivity contribution in [2.75, 3.05) is 0 Å². The Morgan fingerprint density at radius 3 is 2.41 bits per heavy atom. The second-order valence-corrected chi connectivity index (χ2v) is 7.90. The normalized spacial score (nSPS) is 19.1. The molecule has 0 saturated carbocycles. The van der Waals surface area contributed by atoms with Crippen molar-refractivity contribution in [3.63, 3.8) is 0 Å². The second-order valence-electron chi connectivity index (χ2n) is 6.46. The van der Waals surface area contributed by atoms with Crippen LogP contribution in [-0.4, -0.2) is 10.2 Å². The van der Waals surface area contributed by atoms with Crippen molar-refractivity contribution < 1.29 is 28.3 Å². The Balaban J connectivity index is 1.85. The smallest absolute Gasteiger partial charge is 0.507 e. The predicted octanol–water partition coefficient (Wildman–Crippen LogP) is 5.34. The molecule has 2 aliphatic rings. The number of hydrogen-bond acceptors (Lipinski definition) is 6. The van der Waals surface area contributed by atoms with Crippen molar-refractivity contribution in [3.05, 3.63) is 54.6 Å². The fourth-order valence-corrected chi connectivity index (χ4v) is 5.16. The molecule has 2 bridgehead atoms. The van der Waals surface area contributed by atoms with E-state index in [1.807, 2.05) is 24.3 Å². The summed E-state index contributed by atoms with van der Waals surface area (Å²) in [7, 11) is -3.84. The number of phenolic OH excluding ortho intramolecular Hbond substituents is 2. The predicted molar refractivity (Wildman–Crippen MR) is 99.7 cm³/mol. The van der Waals surface area contributed by atoms with Crippen LogP contribution < -0.4 is 13.6 Å². The summed E-state index contributed by atoms with van der Waals surface area (Å²) in [5.74, 6) is 0.300. The molecule has 2 heterocycles. The molecule has 132 valence electrons. The zero-order valence-electron chi connectivity index (χ0n) is 13.7. The Morgan fingerprint density at radius 2 is 1.52 bits per heavy atom. The van der Waals surface area contributed by atoms with Crippen LogP contribution in [0.3, 0.4) is 0 Å². The van der Waals surface area contributed by atoms with Crippen molar-refractivity contribution in [1.29, 1.82) is 0 Å². The average molecular weight is 378 g/mol. The van der Waals surface area contributed by atoms with Crippen molar-refractivity contribution >= 4 is 29.4 Å². The van der Waals surface area contributed by atoms with Gasteiger partial charge < -0.3 is 23.8 Å². The van der Waals surface area contributed by atoms with Crippen LogP contribution in [0.15, 0.2) is 54.6 Å². The summed E-state index contributed by atoms with van der Waals surface area (Å²) in [4.78, 5) is 0. The first-order valence-corrected chi connectivity index (χ1v) is 9.73. The molecule has 0 fully saturated rings. The lowest BCUT2D eigenvalue weighted by atomic mass is 9.91. The van der Waals surface area contributed by atoms with E-state index in [9.17, 15) is 14.8 Å². The van der Waals surface area contributed by atoms with Gasteiger partial charge in [-0.3, -0.25) is 0 Å². The minimum absolute atomic E-state index is 0.0120. The maximum Gasteiger partial charge on any atom is 0.647 e. The number of phosphoric ester groups is 1. The molecule has 6 nitrogen and oxygen atoms in total. The van der Waals surface area contributed by atoms with Crippen LogP contribution in [0.4, 0.5) is 0 Å². The maximum atomic E-state index is 12.6.